The Labute approximate surface area is 117 Å². The van der Waals surface area contributed by atoms with E-state index in [0.717, 1.165) is 29.5 Å². The van der Waals surface area contributed by atoms with Crippen LogP contribution in [0.25, 0.3) is 10.9 Å². The number of carbonyl (C=O) groups is 1. The molecule has 106 valence electrons. The van der Waals surface area contributed by atoms with Crippen LogP contribution < -0.4 is 0 Å². The van der Waals surface area contributed by atoms with Crippen molar-refractivity contribution in [3.05, 3.63) is 30.0 Å². The first-order valence-electron chi connectivity index (χ1n) is 7.03. The number of fused-ring (bicyclic) bond motifs is 1. The van der Waals surface area contributed by atoms with Gasteiger partial charge in [-0.1, -0.05) is 6.07 Å². The summed E-state index contributed by atoms with van der Waals surface area (Å²) in [5.74, 6) is 0.172. The van der Waals surface area contributed by atoms with E-state index >= 15 is 0 Å². The highest BCUT2D eigenvalue weighted by atomic mass is 16.5. The number of hydrogen-bond acceptors (Lipinski definition) is 3. The summed E-state index contributed by atoms with van der Waals surface area (Å²) in [6.45, 7) is 4.16. The minimum atomic E-state index is 0.172. The molecular weight excluding hydrogens is 254 g/mol. The fourth-order valence-electron chi connectivity index (χ4n) is 2.64. The van der Waals surface area contributed by atoms with Crippen molar-refractivity contribution in [3.63, 3.8) is 0 Å². The van der Waals surface area contributed by atoms with Gasteiger partial charge in [0.05, 0.1) is 24.7 Å². The molecule has 2 heterocycles. The van der Waals surface area contributed by atoms with Crippen molar-refractivity contribution in [2.45, 2.75) is 25.8 Å². The van der Waals surface area contributed by atoms with Gasteiger partial charge in [-0.15, -0.1) is 0 Å². The Bertz CT molecular complexity index is 608. The lowest BCUT2D eigenvalue weighted by Gasteiger charge is -2.26. The lowest BCUT2D eigenvalue weighted by atomic mass is 10.1. The second kappa shape index (κ2) is 5.63. The molecule has 1 N–H and O–H groups in total. The van der Waals surface area contributed by atoms with Gasteiger partial charge in [0.1, 0.15) is 0 Å². The molecule has 1 aromatic carbocycles. The topological polar surface area (TPSA) is 58.2 Å². The number of ether oxygens (including phenoxy) is 1. The molecule has 0 spiro atoms. The Hall–Kier alpha value is -1.88. The molecule has 1 aromatic heterocycles. The maximum absolute atomic E-state index is 12.5. The Kier molecular flexibility index (Phi) is 3.69. The molecule has 1 saturated heterocycles. The summed E-state index contributed by atoms with van der Waals surface area (Å²) in [4.78, 5) is 14.4. The Morgan fingerprint density at radius 3 is 3.30 bits per heavy atom. The predicted octanol–water partition coefficient (Wildman–Crippen LogP) is 1.74. The van der Waals surface area contributed by atoms with Gasteiger partial charge < -0.3 is 9.64 Å². The first kappa shape index (κ1) is 13.1. The van der Waals surface area contributed by atoms with E-state index in [1.54, 1.807) is 6.20 Å². The number of nitrogens with zero attached hydrogens (tertiary/aromatic N) is 2. The van der Waals surface area contributed by atoms with Crippen molar-refractivity contribution in [2.24, 2.45) is 0 Å². The average Bonchev–Trinajstić information content (AvgIpc) is 2.79. The van der Waals surface area contributed by atoms with Crippen molar-refractivity contribution >= 4 is 16.8 Å². The van der Waals surface area contributed by atoms with E-state index in [0.29, 0.717) is 19.6 Å². The number of aromatic amines is 1. The van der Waals surface area contributed by atoms with E-state index in [4.69, 9.17) is 4.74 Å². The third kappa shape index (κ3) is 2.67. The van der Waals surface area contributed by atoms with Crippen LogP contribution in [0.4, 0.5) is 0 Å². The highest BCUT2D eigenvalue weighted by Gasteiger charge is 2.22. The van der Waals surface area contributed by atoms with Gasteiger partial charge in [-0.25, -0.2) is 0 Å². The standard InChI is InChI=1S/C15H19N3O2/c1-11-4-6-20-7-5-18(11)15(19)9-12-2-3-14-13(8-12)10-16-17-14/h2-3,8,10-11H,4-7,9H2,1H3,(H,16,17). The smallest absolute Gasteiger partial charge is 0.227 e. The molecule has 0 radical (unpaired) electrons. The quantitative estimate of drug-likeness (QED) is 0.906. The summed E-state index contributed by atoms with van der Waals surface area (Å²) in [5.41, 5.74) is 2.03. The molecular formula is C15H19N3O2. The Morgan fingerprint density at radius 2 is 2.40 bits per heavy atom. The monoisotopic (exact) mass is 273 g/mol. The third-order valence-electron chi connectivity index (χ3n) is 3.87. The molecule has 1 fully saturated rings. The number of H-pyrrole nitrogens is 1. The molecule has 1 aliphatic rings. The third-order valence-corrected chi connectivity index (χ3v) is 3.87. The highest BCUT2D eigenvalue weighted by molar-refractivity contribution is 5.83. The number of aromatic nitrogens is 2. The minimum Gasteiger partial charge on any atom is -0.380 e. The van der Waals surface area contributed by atoms with Crippen LogP contribution in [0.2, 0.25) is 0 Å². The van der Waals surface area contributed by atoms with E-state index in [1.165, 1.54) is 0 Å². The van der Waals surface area contributed by atoms with Gasteiger partial charge in [0.2, 0.25) is 5.91 Å². The first-order valence-corrected chi connectivity index (χ1v) is 7.03. The van der Waals surface area contributed by atoms with Crippen molar-refractivity contribution < 1.29 is 9.53 Å². The zero-order valence-corrected chi connectivity index (χ0v) is 11.6. The van der Waals surface area contributed by atoms with E-state index < -0.39 is 0 Å². The number of benzene rings is 1. The van der Waals surface area contributed by atoms with Crippen LogP contribution in [-0.4, -0.2) is 46.8 Å². The molecule has 5 heteroatoms. The second-order valence-corrected chi connectivity index (χ2v) is 5.31. The van der Waals surface area contributed by atoms with Gasteiger partial charge in [0.25, 0.3) is 0 Å². The summed E-state index contributed by atoms with van der Waals surface area (Å²) < 4.78 is 5.44. The van der Waals surface area contributed by atoms with Crippen molar-refractivity contribution in [1.82, 2.24) is 15.1 Å². The van der Waals surface area contributed by atoms with Crippen LogP contribution in [0.3, 0.4) is 0 Å². The average molecular weight is 273 g/mol. The summed E-state index contributed by atoms with van der Waals surface area (Å²) in [6.07, 6.45) is 3.13. The molecule has 1 atom stereocenters. The lowest BCUT2D eigenvalue weighted by molar-refractivity contribution is -0.132. The molecule has 3 rings (SSSR count). The summed E-state index contributed by atoms with van der Waals surface area (Å²) in [6, 6.07) is 6.23. The number of carbonyl (C=O) groups excluding carboxylic acids is 1. The molecule has 1 unspecified atom stereocenters. The number of nitrogens with one attached hydrogen (secondary N) is 1. The van der Waals surface area contributed by atoms with Crippen molar-refractivity contribution in [2.75, 3.05) is 19.8 Å². The minimum absolute atomic E-state index is 0.172. The molecule has 0 saturated carbocycles. The molecule has 0 bridgehead atoms. The highest BCUT2D eigenvalue weighted by Crippen LogP contribution is 2.16. The maximum Gasteiger partial charge on any atom is 0.227 e. The van der Waals surface area contributed by atoms with Crippen molar-refractivity contribution in [1.29, 1.82) is 0 Å². The van der Waals surface area contributed by atoms with Crippen LogP contribution in [0.1, 0.15) is 18.9 Å². The molecule has 2 aromatic rings. The molecule has 1 aliphatic heterocycles. The van der Waals surface area contributed by atoms with E-state index in [-0.39, 0.29) is 11.9 Å². The van der Waals surface area contributed by atoms with Gasteiger partial charge in [-0.3, -0.25) is 9.89 Å². The first-order chi connectivity index (χ1) is 9.74. The van der Waals surface area contributed by atoms with Gasteiger partial charge in [-0.05, 0) is 31.0 Å². The second-order valence-electron chi connectivity index (χ2n) is 5.31. The Morgan fingerprint density at radius 1 is 1.50 bits per heavy atom. The molecule has 20 heavy (non-hydrogen) atoms. The molecule has 5 nitrogen and oxygen atoms in total. The van der Waals surface area contributed by atoms with Gasteiger partial charge in [0, 0.05) is 24.6 Å². The zero-order valence-electron chi connectivity index (χ0n) is 11.6. The largest absolute Gasteiger partial charge is 0.380 e. The van der Waals surface area contributed by atoms with E-state index in [9.17, 15) is 4.79 Å². The normalized spacial score (nSPS) is 20.1. The summed E-state index contributed by atoms with van der Waals surface area (Å²) in [7, 11) is 0. The van der Waals surface area contributed by atoms with Gasteiger partial charge >= 0.3 is 0 Å². The maximum atomic E-state index is 12.5. The van der Waals surface area contributed by atoms with Gasteiger partial charge in [-0.2, -0.15) is 5.10 Å². The molecule has 0 aliphatic carbocycles. The SMILES string of the molecule is CC1CCOCCN1C(=O)Cc1ccc2[nH]ncc2c1. The van der Waals surface area contributed by atoms with Crippen LogP contribution in [0.15, 0.2) is 24.4 Å². The van der Waals surface area contributed by atoms with Crippen LogP contribution in [0.5, 0.6) is 0 Å². The lowest BCUT2D eigenvalue weighted by Crippen LogP contribution is -2.40. The van der Waals surface area contributed by atoms with E-state index in [1.807, 2.05) is 23.1 Å². The van der Waals surface area contributed by atoms with Gasteiger partial charge in [0.15, 0.2) is 0 Å². The van der Waals surface area contributed by atoms with Crippen LogP contribution in [0, 0.1) is 0 Å². The number of amides is 1. The zero-order chi connectivity index (χ0) is 13.9. The van der Waals surface area contributed by atoms with Crippen LogP contribution in [-0.2, 0) is 16.0 Å². The fraction of sp³-hybridized carbons (Fsp3) is 0.467. The number of rotatable bonds is 2. The number of hydrogen-bond donors (Lipinski definition) is 1. The molecule has 1 amide bonds. The predicted molar refractivity (Wildman–Crippen MR) is 76.4 cm³/mol. The van der Waals surface area contributed by atoms with Crippen LogP contribution >= 0.6 is 0 Å². The fourth-order valence-corrected chi connectivity index (χ4v) is 2.64. The summed E-state index contributed by atoms with van der Waals surface area (Å²) in [5, 5.41) is 7.96. The van der Waals surface area contributed by atoms with Crippen molar-refractivity contribution in [3.8, 4) is 0 Å². The summed E-state index contributed by atoms with van der Waals surface area (Å²) >= 11 is 0. The Balaban J connectivity index is 1.73. The van der Waals surface area contributed by atoms with E-state index in [2.05, 4.69) is 17.1 Å².